The largest absolute Gasteiger partial charge is 0.496 e. The Morgan fingerprint density at radius 3 is 2.56 bits per heavy atom. The number of nitrogens with one attached hydrogen (secondary N) is 1. The summed E-state index contributed by atoms with van der Waals surface area (Å²) in [6, 6.07) is 14.1. The van der Waals surface area contributed by atoms with E-state index in [0.717, 1.165) is 11.1 Å². The summed E-state index contributed by atoms with van der Waals surface area (Å²) in [6.45, 7) is 2.49. The van der Waals surface area contributed by atoms with Gasteiger partial charge in [-0.05, 0) is 48.9 Å². The van der Waals surface area contributed by atoms with E-state index >= 15 is 4.39 Å². The van der Waals surface area contributed by atoms with Gasteiger partial charge in [0.15, 0.2) is 12.5 Å². The third kappa shape index (κ3) is 5.96. The van der Waals surface area contributed by atoms with Crippen molar-refractivity contribution in [2.75, 3.05) is 46.7 Å². The average Bonchev–Trinajstić information content (AvgIpc) is 3.79. The summed E-state index contributed by atoms with van der Waals surface area (Å²) in [6.07, 6.45) is 0.862. The fraction of sp³-hybridized carbons (Fsp3) is 0.312. The number of likely N-dealkylation sites (N-methyl/N-ethyl adjacent to an activating group) is 3. The molecule has 3 aromatic rings. The molecule has 2 amide bonds. The molecule has 2 aliphatic heterocycles. The van der Waals surface area contributed by atoms with Gasteiger partial charge in [-0.15, -0.1) is 0 Å². The van der Waals surface area contributed by atoms with E-state index < -0.39 is 17.6 Å². The third-order valence-corrected chi connectivity index (χ3v) is 8.23. The number of carbonyl (C=O) groups is 2. The van der Waals surface area contributed by atoms with Crippen LogP contribution in [0.1, 0.15) is 11.1 Å². The first-order valence-electron chi connectivity index (χ1n) is 13.8. The van der Waals surface area contributed by atoms with Gasteiger partial charge in [-0.3, -0.25) is 14.5 Å². The molecule has 226 valence electrons. The molecule has 2 N–H and O–H groups in total. The van der Waals surface area contributed by atoms with Crippen LogP contribution in [0, 0.1) is 12.7 Å². The van der Waals surface area contributed by atoms with Crippen molar-refractivity contribution < 1.29 is 28.6 Å². The number of epoxide rings is 1. The first-order chi connectivity index (χ1) is 20.5. The van der Waals surface area contributed by atoms with E-state index in [9.17, 15) is 14.7 Å². The zero-order valence-electron chi connectivity index (χ0n) is 24.6. The van der Waals surface area contributed by atoms with Gasteiger partial charge < -0.3 is 29.7 Å². The lowest BCUT2D eigenvalue weighted by Gasteiger charge is -2.20. The number of hydrogen-bond donors (Lipinski definition) is 2. The Morgan fingerprint density at radius 1 is 1.14 bits per heavy atom. The summed E-state index contributed by atoms with van der Waals surface area (Å²) in [4.78, 5) is 31.2. The molecular formula is C32H34ClFN4O5. The van der Waals surface area contributed by atoms with Crippen LogP contribution in [-0.4, -0.2) is 85.5 Å². The molecule has 0 bridgehead atoms. The van der Waals surface area contributed by atoms with Crippen molar-refractivity contribution in [2.45, 2.75) is 25.9 Å². The minimum absolute atomic E-state index is 0.00704. The maximum absolute atomic E-state index is 15.4. The number of nitrogens with zero attached hydrogens (tertiary/aromatic N) is 3. The number of halogens is 2. The van der Waals surface area contributed by atoms with Gasteiger partial charge in [0.25, 0.3) is 11.8 Å². The summed E-state index contributed by atoms with van der Waals surface area (Å²) in [5.74, 6) is -1.02. The van der Waals surface area contributed by atoms with Gasteiger partial charge in [0, 0.05) is 55.8 Å². The number of methoxy groups -OCH3 is 1. The minimum Gasteiger partial charge on any atom is -0.496 e. The van der Waals surface area contributed by atoms with Gasteiger partial charge in [0.05, 0.1) is 18.7 Å². The second-order valence-corrected chi connectivity index (χ2v) is 11.1. The van der Waals surface area contributed by atoms with Crippen molar-refractivity contribution in [2.24, 2.45) is 0 Å². The van der Waals surface area contributed by atoms with Crippen LogP contribution in [-0.2, 0) is 20.9 Å². The van der Waals surface area contributed by atoms with E-state index in [1.165, 1.54) is 24.3 Å². The fourth-order valence-electron chi connectivity index (χ4n) is 5.31. The van der Waals surface area contributed by atoms with Gasteiger partial charge in [0.2, 0.25) is 0 Å². The summed E-state index contributed by atoms with van der Waals surface area (Å²) in [5.41, 5.74) is 4.29. The maximum atomic E-state index is 15.4. The first-order valence-corrected chi connectivity index (χ1v) is 14.2. The van der Waals surface area contributed by atoms with Crippen molar-refractivity contribution >= 4 is 29.1 Å². The Morgan fingerprint density at radius 2 is 1.84 bits per heavy atom. The molecule has 2 unspecified atom stereocenters. The normalized spacial score (nSPS) is 17.9. The standard InChI is InChI=1S/C32H34ClFN4O5/c1-18-20(8-7-11-26(18)35-29(40)24-17-37(3)31-32(43-31)38(4)30(24)41)22-10-6-9-21(28(22)33)19-14-25(34)23(27(15-19)42-5)16-36(2)12-13-39/h6-11,14-15,17,31-32,39H,12-13,16H2,1-5H3,(H,35,40). The van der Waals surface area contributed by atoms with Crippen molar-refractivity contribution in [1.29, 1.82) is 0 Å². The molecule has 1 saturated heterocycles. The number of fused-ring (bicyclic) bond motifs is 1. The number of carbonyl (C=O) groups excluding carboxylic acids is 2. The lowest BCUT2D eigenvalue weighted by molar-refractivity contribution is -0.129. The van der Waals surface area contributed by atoms with Crippen LogP contribution >= 0.6 is 11.6 Å². The lowest BCUT2D eigenvalue weighted by atomic mass is 9.94. The van der Waals surface area contributed by atoms with E-state index in [0.29, 0.717) is 45.3 Å². The highest BCUT2D eigenvalue weighted by atomic mass is 35.5. The molecule has 0 aromatic heterocycles. The number of aliphatic hydroxyl groups excluding tert-OH is 1. The Balaban J connectivity index is 1.46. The van der Waals surface area contributed by atoms with Gasteiger partial charge in [-0.2, -0.15) is 0 Å². The van der Waals surface area contributed by atoms with Crippen LogP contribution in [0.4, 0.5) is 10.1 Å². The number of rotatable bonds is 9. The van der Waals surface area contributed by atoms with Crippen LogP contribution < -0.4 is 10.1 Å². The highest BCUT2D eigenvalue weighted by Gasteiger charge is 2.50. The summed E-state index contributed by atoms with van der Waals surface area (Å²) < 4.78 is 26.4. The van der Waals surface area contributed by atoms with Gasteiger partial charge in [-0.1, -0.05) is 41.9 Å². The van der Waals surface area contributed by atoms with Crippen molar-refractivity contribution in [3.8, 4) is 28.0 Å². The van der Waals surface area contributed by atoms with E-state index in [1.807, 2.05) is 31.2 Å². The van der Waals surface area contributed by atoms with Crippen LogP contribution in [0.3, 0.4) is 0 Å². The number of hydrogen-bond acceptors (Lipinski definition) is 7. The number of benzene rings is 3. The first kappa shape index (κ1) is 30.5. The van der Waals surface area contributed by atoms with Crippen molar-refractivity contribution in [3.63, 3.8) is 0 Å². The lowest BCUT2D eigenvalue weighted by Crippen LogP contribution is -2.34. The molecule has 0 radical (unpaired) electrons. The average molecular weight is 609 g/mol. The second kappa shape index (κ2) is 12.3. The molecule has 0 aliphatic carbocycles. The summed E-state index contributed by atoms with van der Waals surface area (Å²) in [7, 11) is 6.65. The van der Waals surface area contributed by atoms with Gasteiger partial charge in [0.1, 0.15) is 17.1 Å². The molecule has 9 nitrogen and oxygen atoms in total. The van der Waals surface area contributed by atoms with Crippen LogP contribution in [0.25, 0.3) is 22.3 Å². The Labute approximate surface area is 255 Å². The molecule has 43 heavy (non-hydrogen) atoms. The Bertz CT molecular complexity index is 1610. The fourth-order valence-corrected chi connectivity index (χ4v) is 5.65. The van der Waals surface area contributed by atoms with Crippen LogP contribution in [0.2, 0.25) is 5.02 Å². The van der Waals surface area contributed by atoms with Crippen molar-refractivity contribution in [3.05, 3.63) is 82.3 Å². The monoisotopic (exact) mass is 608 g/mol. The SMILES string of the molecule is COc1cc(-c2cccc(-c3cccc(NC(=O)C4=CN(C)C5OC5N(C)C4=O)c3C)c2Cl)cc(F)c1CN(C)CCO. The van der Waals surface area contributed by atoms with E-state index in [-0.39, 0.29) is 31.2 Å². The summed E-state index contributed by atoms with van der Waals surface area (Å²) in [5, 5.41) is 12.5. The zero-order valence-corrected chi connectivity index (χ0v) is 25.4. The third-order valence-electron chi connectivity index (χ3n) is 7.82. The highest BCUT2D eigenvalue weighted by molar-refractivity contribution is 6.36. The second-order valence-electron chi connectivity index (χ2n) is 10.7. The van der Waals surface area contributed by atoms with E-state index in [4.69, 9.17) is 21.1 Å². The number of amides is 2. The molecule has 1 fully saturated rings. The predicted molar refractivity (Wildman–Crippen MR) is 163 cm³/mol. The highest BCUT2D eigenvalue weighted by Crippen LogP contribution is 2.41. The van der Waals surface area contributed by atoms with Crippen LogP contribution in [0.5, 0.6) is 5.75 Å². The molecule has 5 rings (SSSR count). The number of aliphatic hydroxyl groups is 1. The van der Waals surface area contributed by atoms with E-state index in [2.05, 4.69) is 5.32 Å². The van der Waals surface area contributed by atoms with Crippen molar-refractivity contribution in [1.82, 2.24) is 14.7 Å². The molecular weight excluding hydrogens is 575 g/mol. The summed E-state index contributed by atoms with van der Waals surface area (Å²) >= 11 is 6.97. The molecule has 11 heteroatoms. The molecule has 3 aromatic carbocycles. The van der Waals surface area contributed by atoms with E-state index in [1.54, 1.807) is 49.1 Å². The number of ether oxygens (including phenoxy) is 2. The molecule has 0 saturated carbocycles. The quantitative estimate of drug-likeness (QED) is 0.273. The van der Waals surface area contributed by atoms with Crippen LogP contribution in [0.15, 0.2) is 60.3 Å². The van der Waals surface area contributed by atoms with Gasteiger partial charge in [-0.25, -0.2) is 4.39 Å². The molecule has 0 spiro atoms. The molecule has 2 atom stereocenters. The molecule has 2 aliphatic rings. The topological polar surface area (TPSA) is 97.9 Å². The van der Waals surface area contributed by atoms with Gasteiger partial charge >= 0.3 is 0 Å². The zero-order chi connectivity index (χ0) is 31.0. The number of anilines is 1. The smallest absolute Gasteiger partial charge is 0.262 e. The predicted octanol–water partition coefficient (Wildman–Crippen LogP) is 4.46. The Kier molecular flexibility index (Phi) is 8.75. The molecule has 2 heterocycles. The maximum Gasteiger partial charge on any atom is 0.262 e. The minimum atomic E-state index is -0.530. The Hall–Kier alpha value is -3.96.